The van der Waals surface area contributed by atoms with Crippen LogP contribution in [0.2, 0.25) is 5.02 Å². The lowest BCUT2D eigenvalue weighted by Crippen LogP contribution is -2.33. The van der Waals surface area contributed by atoms with Crippen molar-refractivity contribution in [1.82, 2.24) is 10.3 Å². The third kappa shape index (κ3) is 4.19. The molecular weight excluding hydrogens is 338 g/mol. The normalized spacial score (nSPS) is 10.6. The monoisotopic (exact) mass is 355 g/mol. The molecule has 0 radical (unpaired) electrons. The van der Waals surface area contributed by atoms with Crippen LogP contribution in [0, 0.1) is 6.92 Å². The molecule has 3 aromatic rings. The number of amides is 2. The lowest BCUT2D eigenvalue weighted by atomic mass is 10.1. The summed E-state index contributed by atoms with van der Waals surface area (Å²) in [5.74, 6) is -0.481. The molecule has 0 aliphatic heterocycles. The highest BCUT2D eigenvalue weighted by Gasteiger charge is 2.11. The zero-order valence-electron chi connectivity index (χ0n) is 13.7. The predicted molar refractivity (Wildman–Crippen MR) is 99.8 cm³/mol. The first kappa shape index (κ1) is 17.0. The number of carbonyl (C=O) groups excluding carboxylic acids is 2. The van der Waals surface area contributed by atoms with Crippen LogP contribution in [0.5, 0.6) is 0 Å². The number of H-pyrrole nitrogens is 1. The molecule has 2 amide bonds. The van der Waals surface area contributed by atoms with E-state index in [4.69, 9.17) is 11.6 Å². The minimum absolute atomic E-state index is 0.0801. The summed E-state index contributed by atoms with van der Waals surface area (Å²) in [6, 6.07) is 13.0. The smallest absolute Gasteiger partial charge is 0.243 e. The molecule has 5 nitrogen and oxygen atoms in total. The molecule has 0 bridgehead atoms. The Labute approximate surface area is 150 Å². The molecular formula is C19H18ClN3O2. The number of halogens is 1. The van der Waals surface area contributed by atoms with E-state index in [0.29, 0.717) is 10.7 Å². The standard InChI is InChI=1S/C19H18ClN3O2/c1-12-8-14(20)6-7-16(12)23-19(25)11-22-18(24)9-13-10-21-17-5-3-2-4-15(13)17/h2-8,10,21H,9,11H2,1H3,(H,22,24)(H,23,25). The van der Waals surface area contributed by atoms with E-state index in [1.165, 1.54) is 0 Å². The van der Waals surface area contributed by atoms with Gasteiger partial charge in [-0.3, -0.25) is 9.59 Å². The van der Waals surface area contributed by atoms with Crippen molar-refractivity contribution in [2.45, 2.75) is 13.3 Å². The number of rotatable bonds is 5. The first-order chi connectivity index (χ1) is 12.0. The summed E-state index contributed by atoms with van der Waals surface area (Å²) >= 11 is 5.89. The van der Waals surface area contributed by atoms with Crippen molar-refractivity contribution in [2.75, 3.05) is 11.9 Å². The number of anilines is 1. The van der Waals surface area contributed by atoms with Crippen LogP contribution in [-0.4, -0.2) is 23.3 Å². The van der Waals surface area contributed by atoms with Gasteiger partial charge >= 0.3 is 0 Å². The molecule has 0 fully saturated rings. The molecule has 3 N–H and O–H groups in total. The highest BCUT2D eigenvalue weighted by Crippen LogP contribution is 2.19. The quantitative estimate of drug-likeness (QED) is 0.656. The van der Waals surface area contributed by atoms with Gasteiger partial charge in [-0.2, -0.15) is 0 Å². The Morgan fingerprint density at radius 1 is 1.12 bits per heavy atom. The molecule has 0 spiro atoms. The minimum atomic E-state index is -0.280. The van der Waals surface area contributed by atoms with Crippen molar-refractivity contribution < 1.29 is 9.59 Å². The van der Waals surface area contributed by atoms with Crippen LogP contribution in [-0.2, 0) is 16.0 Å². The maximum atomic E-state index is 12.1. The topological polar surface area (TPSA) is 74.0 Å². The van der Waals surface area contributed by atoms with Gasteiger partial charge < -0.3 is 15.6 Å². The molecule has 128 valence electrons. The van der Waals surface area contributed by atoms with Crippen LogP contribution in [0.4, 0.5) is 5.69 Å². The molecule has 3 rings (SSSR count). The zero-order chi connectivity index (χ0) is 17.8. The van der Waals surface area contributed by atoms with Crippen LogP contribution in [0.25, 0.3) is 10.9 Å². The third-order valence-corrected chi connectivity index (χ3v) is 4.17. The van der Waals surface area contributed by atoms with Gasteiger partial charge in [-0.15, -0.1) is 0 Å². The molecule has 25 heavy (non-hydrogen) atoms. The molecule has 1 aromatic heterocycles. The van der Waals surface area contributed by atoms with Gasteiger partial charge in [0.25, 0.3) is 0 Å². The number of aromatic nitrogens is 1. The van der Waals surface area contributed by atoms with E-state index in [9.17, 15) is 9.59 Å². The molecule has 0 atom stereocenters. The molecule has 0 aliphatic carbocycles. The number of nitrogens with one attached hydrogen (secondary N) is 3. The fourth-order valence-electron chi connectivity index (χ4n) is 2.65. The van der Waals surface area contributed by atoms with E-state index < -0.39 is 0 Å². The number of hydrogen-bond donors (Lipinski definition) is 3. The number of hydrogen-bond acceptors (Lipinski definition) is 2. The van der Waals surface area contributed by atoms with E-state index in [0.717, 1.165) is 22.0 Å². The Morgan fingerprint density at radius 3 is 2.72 bits per heavy atom. The van der Waals surface area contributed by atoms with Crippen LogP contribution in [0.3, 0.4) is 0 Å². The number of para-hydroxylation sites is 1. The maximum Gasteiger partial charge on any atom is 0.243 e. The summed E-state index contributed by atoms with van der Waals surface area (Å²) in [4.78, 5) is 27.2. The van der Waals surface area contributed by atoms with Gasteiger partial charge in [-0.25, -0.2) is 0 Å². The van der Waals surface area contributed by atoms with Gasteiger partial charge in [-0.1, -0.05) is 29.8 Å². The molecule has 1 heterocycles. The Morgan fingerprint density at radius 2 is 1.92 bits per heavy atom. The van der Waals surface area contributed by atoms with Gasteiger partial charge in [0, 0.05) is 27.8 Å². The highest BCUT2D eigenvalue weighted by molar-refractivity contribution is 6.30. The highest BCUT2D eigenvalue weighted by atomic mass is 35.5. The Bertz CT molecular complexity index is 933. The lowest BCUT2D eigenvalue weighted by Gasteiger charge is -2.09. The van der Waals surface area contributed by atoms with Crippen molar-refractivity contribution in [1.29, 1.82) is 0 Å². The zero-order valence-corrected chi connectivity index (χ0v) is 14.5. The average Bonchev–Trinajstić information content (AvgIpc) is 2.99. The minimum Gasteiger partial charge on any atom is -0.361 e. The van der Waals surface area contributed by atoms with Crippen molar-refractivity contribution in [3.8, 4) is 0 Å². The van der Waals surface area contributed by atoms with Crippen molar-refractivity contribution in [3.63, 3.8) is 0 Å². The van der Waals surface area contributed by atoms with Crippen molar-refractivity contribution in [3.05, 3.63) is 64.8 Å². The van der Waals surface area contributed by atoms with Gasteiger partial charge in [0.15, 0.2) is 0 Å². The van der Waals surface area contributed by atoms with Crippen LogP contribution in [0.1, 0.15) is 11.1 Å². The van der Waals surface area contributed by atoms with E-state index in [1.54, 1.807) is 18.2 Å². The SMILES string of the molecule is Cc1cc(Cl)ccc1NC(=O)CNC(=O)Cc1c[nH]c2ccccc12. The molecule has 2 aromatic carbocycles. The van der Waals surface area contributed by atoms with Gasteiger partial charge in [-0.05, 0) is 42.3 Å². The van der Waals surface area contributed by atoms with Crippen LogP contribution >= 0.6 is 11.6 Å². The van der Waals surface area contributed by atoms with Gasteiger partial charge in [0.05, 0.1) is 13.0 Å². The Kier molecular flexibility index (Phi) is 5.05. The van der Waals surface area contributed by atoms with E-state index in [2.05, 4.69) is 15.6 Å². The van der Waals surface area contributed by atoms with Crippen LogP contribution < -0.4 is 10.6 Å². The summed E-state index contributed by atoms with van der Waals surface area (Å²) in [7, 11) is 0. The first-order valence-corrected chi connectivity index (χ1v) is 8.28. The Balaban J connectivity index is 1.54. The third-order valence-electron chi connectivity index (χ3n) is 3.93. The van der Waals surface area contributed by atoms with Crippen molar-refractivity contribution in [2.24, 2.45) is 0 Å². The summed E-state index contributed by atoms with van der Waals surface area (Å²) < 4.78 is 0. The van der Waals surface area contributed by atoms with E-state index in [-0.39, 0.29) is 24.8 Å². The Hall–Kier alpha value is -2.79. The average molecular weight is 356 g/mol. The van der Waals surface area contributed by atoms with Crippen LogP contribution in [0.15, 0.2) is 48.7 Å². The summed E-state index contributed by atoms with van der Waals surface area (Å²) in [5.41, 5.74) is 3.44. The maximum absolute atomic E-state index is 12.1. The van der Waals surface area contributed by atoms with E-state index in [1.807, 2.05) is 37.4 Å². The first-order valence-electron chi connectivity index (χ1n) is 7.90. The number of fused-ring (bicyclic) bond motifs is 1. The number of carbonyl (C=O) groups is 2. The summed E-state index contributed by atoms with van der Waals surface area (Å²) in [5, 5.41) is 7.03. The largest absolute Gasteiger partial charge is 0.361 e. The lowest BCUT2D eigenvalue weighted by molar-refractivity contribution is -0.123. The molecule has 0 saturated heterocycles. The number of benzene rings is 2. The number of aryl methyl sites for hydroxylation is 1. The second kappa shape index (κ2) is 7.40. The second-order valence-electron chi connectivity index (χ2n) is 5.82. The summed E-state index contributed by atoms with van der Waals surface area (Å²) in [6.07, 6.45) is 2.04. The molecule has 6 heteroatoms. The van der Waals surface area contributed by atoms with E-state index >= 15 is 0 Å². The fraction of sp³-hybridized carbons (Fsp3) is 0.158. The second-order valence-corrected chi connectivity index (χ2v) is 6.26. The summed E-state index contributed by atoms with van der Waals surface area (Å²) in [6.45, 7) is 1.78. The number of aromatic amines is 1. The molecule has 0 unspecified atom stereocenters. The van der Waals surface area contributed by atoms with Gasteiger partial charge in [0.2, 0.25) is 11.8 Å². The van der Waals surface area contributed by atoms with Gasteiger partial charge in [0.1, 0.15) is 0 Å². The molecule has 0 saturated carbocycles. The predicted octanol–water partition coefficient (Wildman–Crippen LogP) is 3.43. The molecule has 0 aliphatic rings. The van der Waals surface area contributed by atoms with Crippen molar-refractivity contribution >= 4 is 40.0 Å². The fourth-order valence-corrected chi connectivity index (χ4v) is 2.88.